The summed E-state index contributed by atoms with van der Waals surface area (Å²) in [6, 6.07) is 0. The van der Waals surface area contributed by atoms with Gasteiger partial charge in [0.1, 0.15) is 4.90 Å². The molecule has 0 spiro atoms. The standard InChI is InChI=1S/C12H21N3O4S2/c1-20-8-4-2-3-6-14-21(18,19)11-9-13-15(10-11)7-5-12(16)17/h9-10,14H,2-8H2,1H3,(H,16,17). The second kappa shape index (κ2) is 9.06. The first-order chi connectivity index (χ1) is 9.95. The molecule has 0 saturated carbocycles. The van der Waals surface area contributed by atoms with Gasteiger partial charge in [0.15, 0.2) is 0 Å². The van der Waals surface area contributed by atoms with E-state index in [4.69, 9.17) is 5.11 Å². The van der Waals surface area contributed by atoms with Crippen LogP contribution in [0.5, 0.6) is 0 Å². The minimum absolute atomic E-state index is 0.0667. The first-order valence-electron chi connectivity index (χ1n) is 6.68. The molecule has 120 valence electrons. The molecule has 7 nitrogen and oxygen atoms in total. The van der Waals surface area contributed by atoms with Crippen LogP contribution in [0, 0.1) is 0 Å². The summed E-state index contributed by atoms with van der Waals surface area (Å²) in [6.07, 6.45) is 7.40. The van der Waals surface area contributed by atoms with Crippen molar-refractivity contribution in [3.63, 3.8) is 0 Å². The molecule has 0 aliphatic carbocycles. The number of carboxylic acids is 1. The van der Waals surface area contributed by atoms with Crippen LogP contribution < -0.4 is 4.72 Å². The molecule has 0 aliphatic rings. The third-order valence-corrected chi connectivity index (χ3v) is 4.90. The number of sulfonamides is 1. The Labute approximate surface area is 129 Å². The van der Waals surface area contributed by atoms with Crippen molar-refractivity contribution in [1.82, 2.24) is 14.5 Å². The zero-order chi connectivity index (χ0) is 15.7. The lowest BCUT2D eigenvalue weighted by Crippen LogP contribution is -2.24. The molecule has 1 heterocycles. The van der Waals surface area contributed by atoms with Crippen molar-refractivity contribution in [3.05, 3.63) is 12.4 Å². The Morgan fingerprint density at radius 2 is 2.19 bits per heavy atom. The zero-order valence-corrected chi connectivity index (χ0v) is 13.6. The summed E-state index contributed by atoms with van der Waals surface area (Å²) < 4.78 is 27.8. The van der Waals surface area contributed by atoms with Crippen molar-refractivity contribution < 1.29 is 18.3 Å². The van der Waals surface area contributed by atoms with E-state index in [0.717, 1.165) is 25.0 Å². The Balaban J connectivity index is 2.41. The summed E-state index contributed by atoms with van der Waals surface area (Å²) in [5.41, 5.74) is 0. The predicted molar refractivity (Wildman–Crippen MR) is 81.9 cm³/mol. The molecule has 0 amide bonds. The highest BCUT2D eigenvalue weighted by Gasteiger charge is 2.15. The molecule has 0 aromatic carbocycles. The third-order valence-electron chi connectivity index (χ3n) is 2.79. The molecule has 9 heteroatoms. The average molecular weight is 335 g/mol. The van der Waals surface area contributed by atoms with Crippen LogP contribution in [-0.2, 0) is 21.4 Å². The van der Waals surface area contributed by atoms with E-state index in [1.807, 2.05) is 6.26 Å². The van der Waals surface area contributed by atoms with Gasteiger partial charge >= 0.3 is 5.97 Å². The highest BCUT2D eigenvalue weighted by molar-refractivity contribution is 7.98. The van der Waals surface area contributed by atoms with Crippen LogP contribution in [0.15, 0.2) is 17.3 Å². The number of nitrogens with one attached hydrogen (secondary N) is 1. The molecule has 0 radical (unpaired) electrons. The summed E-state index contributed by atoms with van der Waals surface area (Å²) in [6.45, 7) is 0.552. The molecule has 0 saturated heterocycles. The van der Waals surface area contributed by atoms with E-state index in [1.54, 1.807) is 11.8 Å². The number of unbranched alkanes of at least 4 members (excludes halogenated alkanes) is 2. The zero-order valence-electron chi connectivity index (χ0n) is 12.0. The number of rotatable bonds is 11. The van der Waals surface area contributed by atoms with Crippen LogP contribution in [0.2, 0.25) is 0 Å². The van der Waals surface area contributed by atoms with Gasteiger partial charge in [-0.25, -0.2) is 13.1 Å². The lowest BCUT2D eigenvalue weighted by atomic mass is 10.2. The van der Waals surface area contributed by atoms with E-state index in [1.165, 1.54) is 17.1 Å². The molecule has 0 aliphatic heterocycles. The predicted octanol–water partition coefficient (Wildman–Crippen LogP) is 1.17. The lowest BCUT2D eigenvalue weighted by Gasteiger charge is -2.04. The lowest BCUT2D eigenvalue weighted by molar-refractivity contribution is -0.137. The number of aromatic nitrogens is 2. The van der Waals surface area contributed by atoms with E-state index in [0.29, 0.717) is 6.54 Å². The Bertz CT molecular complexity index is 542. The first-order valence-corrected chi connectivity index (χ1v) is 9.56. The van der Waals surface area contributed by atoms with Gasteiger partial charge in [-0.2, -0.15) is 16.9 Å². The minimum atomic E-state index is -3.56. The van der Waals surface area contributed by atoms with Gasteiger partial charge in [-0.1, -0.05) is 6.42 Å². The summed E-state index contributed by atoms with van der Waals surface area (Å²) in [5.74, 6) is 0.140. The van der Waals surface area contributed by atoms with Crippen LogP contribution in [0.4, 0.5) is 0 Å². The molecule has 0 bridgehead atoms. The normalized spacial score (nSPS) is 11.7. The molecule has 0 unspecified atom stereocenters. The van der Waals surface area contributed by atoms with Gasteiger partial charge in [0, 0.05) is 12.7 Å². The van der Waals surface area contributed by atoms with Crippen molar-refractivity contribution in [1.29, 1.82) is 0 Å². The summed E-state index contributed by atoms with van der Waals surface area (Å²) in [5, 5.41) is 12.4. The maximum Gasteiger partial charge on any atom is 0.305 e. The first kappa shape index (κ1) is 18.0. The Morgan fingerprint density at radius 1 is 1.43 bits per heavy atom. The third kappa shape index (κ3) is 6.96. The van der Waals surface area contributed by atoms with Crippen LogP contribution >= 0.6 is 11.8 Å². The quantitative estimate of drug-likeness (QED) is 0.589. The minimum Gasteiger partial charge on any atom is -0.481 e. The van der Waals surface area contributed by atoms with Crippen molar-refractivity contribution in [2.45, 2.75) is 37.1 Å². The van der Waals surface area contributed by atoms with Gasteiger partial charge in [0.2, 0.25) is 10.0 Å². The number of hydrogen-bond donors (Lipinski definition) is 2. The number of thioether (sulfide) groups is 1. The summed E-state index contributed by atoms with van der Waals surface area (Å²) >= 11 is 1.78. The molecule has 0 fully saturated rings. The number of carbonyl (C=O) groups is 1. The fourth-order valence-corrected chi connectivity index (χ4v) is 3.17. The number of hydrogen-bond acceptors (Lipinski definition) is 5. The maximum atomic E-state index is 12.0. The molecule has 1 aromatic heterocycles. The molecule has 0 atom stereocenters. The van der Waals surface area contributed by atoms with Crippen molar-refractivity contribution in [2.75, 3.05) is 18.6 Å². The van der Waals surface area contributed by atoms with Gasteiger partial charge in [-0.05, 0) is 24.9 Å². The van der Waals surface area contributed by atoms with E-state index < -0.39 is 16.0 Å². The molecular weight excluding hydrogens is 314 g/mol. The number of aryl methyl sites for hydroxylation is 1. The van der Waals surface area contributed by atoms with Crippen LogP contribution in [0.25, 0.3) is 0 Å². The number of nitrogens with zero attached hydrogens (tertiary/aromatic N) is 2. The van der Waals surface area contributed by atoms with Crippen LogP contribution in [0.3, 0.4) is 0 Å². The fourth-order valence-electron chi connectivity index (χ4n) is 1.65. The topological polar surface area (TPSA) is 101 Å². The molecular formula is C12H21N3O4S2. The van der Waals surface area contributed by atoms with Crippen LogP contribution in [0.1, 0.15) is 25.7 Å². The largest absolute Gasteiger partial charge is 0.481 e. The summed E-state index contributed by atoms with van der Waals surface area (Å²) in [4.78, 5) is 10.5. The van der Waals surface area contributed by atoms with Crippen molar-refractivity contribution in [2.24, 2.45) is 0 Å². The Hall–Kier alpha value is -1.06. The van der Waals surface area contributed by atoms with Gasteiger partial charge in [-0.15, -0.1) is 0 Å². The summed E-state index contributed by atoms with van der Waals surface area (Å²) in [7, 11) is -3.56. The van der Waals surface area contributed by atoms with Gasteiger partial charge in [0.25, 0.3) is 0 Å². The Kier molecular flexibility index (Phi) is 7.76. The van der Waals surface area contributed by atoms with Crippen LogP contribution in [-0.4, -0.2) is 47.8 Å². The van der Waals surface area contributed by atoms with Gasteiger partial charge in [0.05, 0.1) is 19.2 Å². The van der Waals surface area contributed by atoms with Gasteiger partial charge in [-0.3, -0.25) is 9.48 Å². The molecule has 1 rings (SSSR count). The van der Waals surface area contributed by atoms with Crippen molar-refractivity contribution >= 4 is 27.8 Å². The number of aliphatic carboxylic acids is 1. The second-order valence-corrected chi connectivity index (χ2v) is 7.29. The molecule has 1 aromatic rings. The Morgan fingerprint density at radius 3 is 2.86 bits per heavy atom. The monoisotopic (exact) mass is 335 g/mol. The second-order valence-electron chi connectivity index (χ2n) is 4.53. The fraction of sp³-hybridized carbons (Fsp3) is 0.667. The molecule has 21 heavy (non-hydrogen) atoms. The maximum absolute atomic E-state index is 12.0. The highest BCUT2D eigenvalue weighted by Crippen LogP contribution is 2.08. The van der Waals surface area contributed by atoms with E-state index in [2.05, 4.69) is 9.82 Å². The van der Waals surface area contributed by atoms with Gasteiger partial charge < -0.3 is 5.11 Å². The van der Waals surface area contributed by atoms with E-state index >= 15 is 0 Å². The van der Waals surface area contributed by atoms with E-state index in [-0.39, 0.29) is 17.9 Å². The molecule has 2 N–H and O–H groups in total. The highest BCUT2D eigenvalue weighted by atomic mass is 32.2. The van der Waals surface area contributed by atoms with Crippen molar-refractivity contribution in [3.8, 4) is 0 Å². The average Bonchev–Trinajstić information content (AvgIpc) is 2.90. The SMILES string of the molecule is CSCCCCCNS(=O)(=O)c1cnn(CCC(=O)O)c1. The van der Waals surface area contributed by atoms with E-state index in [9.17, 15) is 13.2 Å². The number of carboxylic acid groups (broad SMARTS) is 1. The smallest absolute Gasteiger partial charge is 0.305 e.